The molecule has 5 heteroatoms. The molecule has 3 unspecified atom stereocenters. The Balaban J connectivity index is 4.25. The monoisotopic (exact) mass is 275 g/mol. The molecular formula is C13H25NO3S. The van der Waals surface area contributed by atoms with E-state index in [-0.39, 0.29) is 23.4 Å². The SMILES string of the molecule is CCC(C)CS(=O)CC(=O)NC(C(C)=O)C(C)C. The Hall–Kier alpha value is -0.710. The molecule has 0 aromatic rings. The zero-order valence-corrected chi connectivity index (χ0v) is 12.8. The van der Waals surface area contributed by atoms with Gasteiger partial charge in [0.05, 0.1) is 6.04 Å². The summed E-state index contributed by atoms with van der Waals surface area (Å²) in [5.74, 6) is 0.565. The lowest BCUT2D eigenvalue weighted by molar-refractivity contribution is -0.126. The van der Waals surface area contributed by atoms with Gasteiger partial charge in [0.1, 0.15) is 5.75 Å². The van der Waals surface area contributed by atoms with E-state index in [1.54, 1.807) is 0 Å². The fourth-order valence-electron chi connectivity index (χ4n) is 1.59. The van der Waals surface area contributed by atoms with Gasteiger partial charge in [-0.1, -0.05) is 34.1 Å². The van der Waals surface area contributed by atoms with Gasteiger partial charge in [-0.05, 0) is 18.8 Å². The summed E-state index contributed by atoms with van der Waals surface area (Å²) < 4.78 is 11.7. The first-order valence-corrected chi connectivity index (χ1v) is 7.91. The molecule has 0 bridgehead atoms. The van der Waals surface area contributed by atoms with Crippen LogP contribution in [0.5, 0.6) is 0 Å². The number of hydrogen-bond acceptors (Lipinski definition) is 3. The quantitative estimate of drug-likeness (QED) is 0.730. The summed E-state index contributed by atoms with van der Waals surface area (Å²) in [6.45, 7) is 9.26. The number of ketones is 1. The van der Waals surface area contributed by atoms with Gasteiger partial charge in [0, 0.05) is 16.6 Å². The summed E-state index contributed by atoms with van der Waals surface area (Å²) in [6, 6.07) is -0.474. The molecule has 0 spiro atoms. The topological polar surface area (TPSA) is 63.2 Å². The molecule has 0 heterocycles. The predicted octanol–water partition coefficient (Wildman–Crippen LogP) is 1.51. The first-order chi connectivity index (χ1) is 8.27. The predicted molar refractivity (Wildman–Crippen MR) is 74.8 cm³/mol. The van der Waals surface area contributed by atoms with Crippen LogP contribution in [-0.2, 0) is 20.4 Å². The van der Waals surface area contributed by atoms with Crippen molar-refractivity contribution in [2.45, 2.75) is 47.1 Å². The Kier molecular flexibility index (Phi) is 8.07. The molecular weight excluding hydrogens is 250 g/mol. The van der Waals surface area contributed by atoms with Crippen LogP contribution in [0.15, 0.2) is 0 Å². The van der Waals surface area contributed by atoms with Crippen LogP contribution in [-0.4, -0.2) is 33.4 Å². The highest BCUT2D eigenvalue weighted by atomic mass is 32.2. The molecule has 3 atom stereocenters. The van der Waals surface area contributed by atoms with Crippen LogP contribution in [0.2, 0.25) is 0 Å². The first-order valence-electron chi connectivity index (χ1n) is 6.42. The summed E-state index contributed by atoms with van der Waals surface area (Å²) in [5, 5.41) is 2.66. The molecule has 4 nitrogen and oxygen atoms in total. The molecule has 0 aliphatic rings. The summed E-state index contributed by atoms with van der Waals surface area (Å²) >= 11 is 0. The van der Waals surface area contributed by atoms with Crippen LogP contribution in [0.1, 0.15) is 41.0 Å². The van der Waals surface area contributed by atoms with Crippen LogP contribution in [0.25, 0.3) is 0 Å². The number of Topliss-reactive ketones (excluding diaryl/α,β-unsaturated/α-hetero) is 1. The Morgan fingerprint density at radius 2 is 1.78 bits per heavy atom. The number of amides is 1. The summed E-state index contributed by atoms with van der Waals surface area (Å²) in [5.41, 5.74) is 0. The molecule has 106 valence electrons. The van der Waals surface area contributed by atoms with Crippen molar-refractivity contribution < 1.29 is 13.8 Å². The lowest BCUT2D eigenvalue weighted by Crippen LogP contribution is -2.45. The lowest BCUT2D eigenvalue weighted by Gasteiger charge is -2.19. The maximum Gasteiger partial charge on any atom is 0.233 e. The van der Waals surface area contributed by atoms with Gasteiger partial charge in [0.2, 0.25) is 5.91 Å². The molecule has 0 fully saturated rings. The number of carbonyl (C=O) groups excluding carboxylic acids is 2. The maximum atomic E-state index is 11.7. The summed E-state index contributed by atoms with van der Waals surface area (Å²) in [6.07, 6.45) is 0.954. The van der Waals surface area contributed by atoms with E-state index in [2.05, 4.69) is 5.32 Å². The van der Waals surface area contributed by atoms with Crippen LogP contribution in [0, 0.1) is 11.8 Å². The second-order valence-electron chi connectivity index (χ2n) is 5.16. The van der Waals surface area contributed by atoms with Crippen molar-refractivity contribution >= 4 is 22.5 Å². The van der Waals surface area contributed by atoms with Crippen LogP contribution >= 0.6 is 0 Å². The van der Waals surface area contributed by atoms with Gasteiger partial charge in [0.15, 0.2) is 5.78 Å². The molecule has 0 rings (SSSR count). The highest BCUT2D eigenvalue weighted by Crippen LogP contribution is 2.05. The van der Waals surface area contributed by atoms with Crippen molar-refractivity contribution in [2.75, 3.05) is 11.5 Å². The highest BCUT2D eigenvalue weighted by Gasteiger charge is 2.21. The minimum atomic E-state index is -1.15. The van der Waals surface area contributed by atoms with Gasteiger partial charge in [-0.25, -0.2) is 0 Å². The molecule has 0 radical (unpaired) electrons. The Labute approximate surface area is 112 Å². The zero-order chi connectivity index (χ0) is 14.3. The van der Waals surface area contributed by atoms with Gasteiger partial charge in [-0.2, -0.15) is 0 Å². The molecule has 0 saturated carbocycles. The van der Waals surface area contributed by atoms with E-state index in [1.807, 2.05) is 27.7 Å². The molecule has 1 N–H and O–H groups in total. The average Bonchev–Trinajstić information content (AvgIpc) is 2.24. The fraction of sp³-hybridized carbons (Fsp3) is 0.846. The van der Waals surface area contributed by atoms with Crippen molar-refractivity contribution in [2.24, 2.45) is 11.8 Å². The Morgan fingerprint density at radius 3 is 2.17 bits per heavy atom. The van der Waals surface area contributed by atoms with Gasteiger partial charge in [0.25, 0.3) is 0 Å². The smallest absolute Gasteiger partial charge is 0.233 e. The van der Waals surface area contributed by atoms with E-state index in [0.717, 1.165) is 6.42 Å². The second-order valence-corrected chi connectivity index (χ2v) is 6.67. The highest BCUT2D eigenvalue weighted by molar-refractivity contribution is 7.85. The third-order valence-corrected chi connectivity index (χ3v) is 4.41. The van der Waals surface area contributed by atoms with Crippen LogP contribution in [0.3, 0.4) is 0 Å². The van der Waals surface area contributed by atoms with E-state index < -0.39 is 16.8 Å². The van der Waals surface area contributed by atoms with Crippen molar-refractivity contribution in [1.29, 1.82) is 0 Å². The maximum absolute atomic E-state index is 11.7. The number of rotatable bonds is 8. The molecule has 1 amide bonds. The fourth-order valence-corrected chi connectivity index (χ4v) is 2.96. The third-order valence-electron chi connectivity index (χ3n) is 2.88. The van der Waals surface area contributed by atoms with Gasteiger partial charge >= 0.3 is 0 Å². The molecule has 0 aromatic carbocycles. The third kappa shape index (κ3) is 6.89. The van der Waals surface area contributed by atoms with Crippen molar-refractivity contribution in [3.05, 3.63) is 0 Å². The van der Waals surface area contributed by atoms with E-state index in [0.29, 0.717) is 11.7 Å². The lowest BCUT2D eigenvalue weighted by atomic mass is 10.0. The van der Waals surface area contributed by atoms with E-state index >= 15 is 0 Å². The first kappa shape index (κ1) is 17.3. The normalized spacial score (nSPS) is 16.1. The number of carbonyl (C=O) groups is 2. The standard InChI is InChI=1S/C13H25NO3S/c1-6-10(4)7-18(17)8-12(16)14-13(9(2)3)11(5)15/h9-10,13H,6-8H2,1-5H3,(H,14,16). The second kappa shape index (κ2) is 8.40. The largest absolute Gasteiger partial charge is 0.345 e. The Morgan fingerprint density at radius 1 is 1.22 bits per heavy atom. The van der Waals surface area contributed by atoms with Crippen molar-refractivity contribution in [3.8, 4) is 0 Å². The van der Waals surface area contributed by atoms with Gasteiger partial charge in [-0.3, -0.25) is 13.8 Å². The van der Waals surface area contributed by atoms with Crippen molar-refractivity contribution in [1.82, 2.24) is 5.32 Å². The Bertz CT molecular complexity index is 315. The minimum absolute atomic E-state index is 0.0131. The van der Waals surface area contributed by atoms with Crippen molar-refractivity contribution in [3.63, 3.8) is 0 Å². The molecule has 18 heavy (non-hydrogen) atoms. The van der Waals surface area contributed by atoms with Gasteiger partial charge in [-0.15, -0.1) is 0 Å². The van der Waals surface area contributed by atoms with Gasteiger partial charge < -0.3 is 5.32 Å². The number of hydrogen-bond donors (Lipinski definition) is 1. The van der Waals surface area contributed by atoms with Crippen LogP contribution < -0.4 is 5.32 Å². The molecule has 0 aromatic heterocycles. The zero-order valence-electron chi connectivity index (χ0n) is 12.0. The minimum Gasteiger partial charge on any atom is -0.345 e. The van der Waals surface area contributed by atoms with E-state index in [9.17, 15) is 13.8 Å². The summed E-state index contributed by atoms with van der Waals surface area (Å²) in [7, 11) is -1.15. The summed E-state index contributed by atoms with van der Waals surface area (Å²) in [4.78, 5) is 23.0. The van der Waals surface area contributed by atoms with E-state index in [4.69, 9.17) is 0 Å². The number of nitrogens with one attached hydrogen (secondary N) is 1. The van der Waals surface area contributed by atoms with Crippen LogP contribution in [0.4, 0.5) is 0 Å². The van der Waals surface area contributed by atoms with E-state index in [1.165, 1.54) is 6.92 Å². The molecule has 0 aliphatic carbocycles. The molecule has 0 aliphatic heterocycles. The molecule has 0 saturated heterocycles. The average molecular weight is 275 g/mol.